The van der Waals surface area contributed by atoms with Gasteiger partial charge in [0, 0.05) is 17.6 Å². The minimum absolute atomic E-state index is 0.723. The molecule has 0 aliphatic heterocycles. The Bertz CT molecular complexity index is 454. The van der Waals surface area contributed by atoms with E-state index >= 15 is 0 Å². The molecule has 1 aliphatic carbocycles. The van der Waals surface area contributed by atoms with E-state index in [2.05, 4.69) is 27.0 Å². The first-order valence-electron chi connectivity index (χ1n) is 4.65. The Balaban J connectivity index is 2.34. The second kappa shape index (κ2) is 2.31. The van der Waals surface area contributed by atoms with Crippen molar-refractivity contribution < 1.29 is 0 Å². The molecule has 0 atom stereocenters. The normalized spacial score (nSPS) is 16.7. The Hall–Kier alpha value is -1.38. The maximum Gasteiger partial charge on any atom is 0.0842 e. The predicted octanol–water partition coefficient (Wildman–Crippen LogP) is 2.07. The molecule has 0 saturated heterocycles. The first-order chi connectivity index (χ1) is 6.36. The van der Waals surface area contributed by atoms with E-state index in [1.165, 1.54) is 23.7 Å². The zero-order valence-corrected chi connectivity index (χ0v) is 7.57. The van der Waals surface area contributed by atoms with Gasteiger partial charge < -0.3 is 4.57 Å². The van der Waals surface area contributed by atoms with Crippen molar-refractivity contribution in [2.45, 2.75) is 25.8 Å². The molecule has 2 heterocycles. The third-order valence-corrected chi connectivity index (χ3v) is 2.63. The molecule has 0 amide bonds. The lowest BCUT2D eigenvalue weighted by molar-refractivity contribution is 0.769. The lowest BCUT2D eigenvalue weighted by Gasteiger charge is -2.03. The number of fused-ring (bicyclic) bond motifs is 1. The van der Waals surface area contributed by atoms with Crippen LogP contribution in [0.2, 0.25) is 0 Å². The third-order valence-electron chi connectivity index (χ3n) is 2.63. The summed E-state index contributed by atoms with van der Waals surface area (Å²) in [6, 6.07) is 2.84. The highest BCUT2D eigenvalue weighted by molar-refractivity contribution is 5.81. The number of nitrogens with zero attached hydrogens (tertiary/aromatic N) is 3. The van der Waals surface area contributed by atoms with E-state index in [1.54, 1.807) is 0 Å². The van der Waals surface area contributed by atoms with Gasteiger partial charge in [0.05, 0.1) is 17.4 Å². The van der Waals surface area contributed by atoms with E-state index in [0.29, 0.717) is 0 Å². The Morgan fingerprint density at radius 1 is 1.46 bits per heavy atom. The van der Waals surface area contributed by atoms with E-state index in [4.69, 9.17) is 0 Å². The average Bonchev–Trinajstić information content (AvgIpc) is 2.87. The molecule has 0 spiro atoms. The maximum absolute atomic E-state index is 4.08. The molecule has 0 N–H and O–H groups in total. The smallest absolute Gasteiger partial charge is 0.0842 e. The summed E-state index contributed by atoms with van der Waals surface area (Å²) in [4.78, 5) is 0. The highest BCUT2D eigenvalue weighted by Gasteiger charge is 2.24. The number of hydrogen-bond acceptors (Lipinski definition) is 2. The molecule has 0 bridgehead atoms. The first kappa shape index (κ1) is 7.06. The fourth-order valence-corrected chi connectivity index (χ4v) is 1.85. The Kier molecular flexibility index (Phi) is 1.26. The van der Waals surface area contributed by atoms with E-state index in [-0.39, 0.29) is 0 Å². The molecule has 1 saturated carbocycles. The van der Waals surface area contributed by atoms with Gasteiger partial charge in [-0.1, -0.05) is 0 Å². The fourth-order valence-electron chi connectivity index (χ4n) is 1.85. The van der Waals surface area contributed by atoms with Crippen molar-refractivity contribution in [3.05, 3.63) is 24.2 Å². The Labute approximate surface area is 76.4 Å². The topological polar surface area (TPSA) is 30.7 Å². The van der Waals surface area contributed by atoms with Gasteiger partial charge in [-0.25, -0.2) is 0 Å². The van der Waals surface area contributed by atoms with Crippen LogP contribution in [-0.2, 0) is 0 Å². The molecule has 2 aromatic rings. The SMILES string of the molecule is Cc1nncc2ccn(C3CC3)c12. The summed E-state index contributed by atoms with van der Waals surface area (Å²) in [7, 11) is 0. The predicted molar refractivity (Wildman–Crippen MR) is 50.5 cm³/mol. The molecule has 0 radical (unpaired) electrons. The molecule has 0 unspecified atom stereocenters. The lowest BCUT2D eigenvalue weighted by atomic mass is 10.3. The van der Waals surface area contributed by atoms with Gasteiger partial charge in [0.2, 0.25) is 0 Å². The van der Waals surface area contributed by atoms with Crippen molar-refractivity contribution in [1.29, 1.82) is 0 Å². The fraction of sp³-hybridized carbons (Fsp3) is 0.400. The van der Waals surface area contributed by atoms with Crippen molar-refractivity contribution in [3.8, 4) is 0 Å². The summed E-state index contributed by atoms with van der Waals surface area (Å²) in [5.41, 5.74) is 2.30. The van der Waals surface area contributed by atoms with Crippen LogP contribution < -0.4 is 0 Å². The zero-order chi connectivity index (χ0) is 8.84. The molecular weight excluding hydrogens is 162 g/mol. The van der Waals surface area contributed by atoms with E-state index in [1.807, 2.05) is 13.1 Å². The van der Waals surface area contributed by atoms with Crippen LogP contribution >= 0.6 is 0 Å². The molecule has 1 fully saturated rings. The quantitative estimate of drug-likeness (QED) is 0.661. The van der Waals surface area contributed by atoms with Crippen LogP contribution in [0, 0.1) is 6.92 Å². The molecule has 13 heavy (non-hydrogen) atoms. The van der Waals surface area contributed by atoms with Crippen LogP contribution in [0.15, 0.2) is 18.5 Å². The van der Waals surface area contributed by atoms with Gasteiger partial charge in [-0.15, -0.1) is 0 Å². The molecule has 3 rings (SSSR count). The van der Waals surface area contributed by atoms with Crippen LogP contribution in [0.1, 0.15) is 24.6 Å². The largest absolute Gasteiger partial charge is 0.343 e. The van der Waals surface area contributed by atoms with Crippen molar-refractivity contribution in [3.63, 3.8) is 0 Å². The monoisotopic (exact) mass is 173 g/mol. The molecule has 66 valence electrons. The van der Waals surface area contributed by atoms with Crippen LogP contribution in [0.25, 0.3) is 10.9 Å². The summed E-state index contributed by atoms with van der Waals surface area (Å²) in [6.07, 6.45) is 6.61. The van der Waals surface area contributed by atoms with Gasteiger partial charge in [0.25, 0.3) is 0 Å². The number of aryl methyl sites for hydroxylation is 1. The second-order valence-electron chi connectivity index (χ2n) is 3.69. The van der Waals surface area contributed by atoms with Gasteiger partial charge in [-0.05, 0) is 25.8 Å². The summed E-state index contributed by atoms with van der Waals surface area (Å²) in [5.74, 6) is 0. The zero-order valence-electron chi connectivity index (χ0n) is 7.57. The molecule has 3 heteroatoms. The molecule has 2 aromatic heterocycles. The third kappa shape index (κ3) is 0.963. The standard InChI is InChI=1S/C10H11N3/c1-7-10-8(6-11-12-7)4-5-13(10)9-2-3-9/h4-6,9H,2-3H2,1H3. The highest BCUT2D eigenvalue weighted by atomic mass is 15.1. The number of hydrogen-bond donors (Lipinski definition) is 0. The van der Waals surface area contributed by atoms with Crippen molar-refractivity contribution >= 4 is 10.9 Å². The van der Waals surface area contributed by atoms with Gasteiger partial charge in [0.15, 0.2) is 0 Å². The van der Waals surface area contributed by atoms with Crippen molar-refractivity contribution in [2.75, 3.05) is 0 Å². The summed E-state index contributed by atoms with van der Waals surface area (Å²) < 4.78 is 2.33. The van der Waals surface area contributed by atoms with E-state index in [9.17, 15) is 0 Å². The summed E-state index contributed by atoms with van der Waals surface area (Å²) in [6.45, 7) is 2.02. The summed E-state index contributed by atoms with van der Waals surface area (Å²) in [5, 5.41) is 9.23. The number of aromatic nitrogens is 3. The maximum atomic E-state index is 4.08. The van der Waals surface area contributed by atoms with Gasteiger partial charge in [-0.2, -0.15) is 10.2 Å². The van der Waals surface area contributed by atoms with Gasteiger partial charge >= 0.3 is 0 Å². The van der Waals surface area contributed by atoms with Crippen LogP contribution in [0.4, 0.5) is 0 Å². The van der Waals surface area contributed by atoms with Crippen molar-refractivity contribution in [1.82, 2.24) is 14.8 Å². The molecule has 1 aliphatic rings. The lowest BCUT2D eigenvalue weighted by Crippen LogP contribution is -1.95. The Morgan fingerprint density at radius 3 is 3.08 bits per heavy atom. The summed E-state index contributed by atoms with van der Waals surface area (Å²) >= 11 is 0. The van der Waals surface area contributed by atoms with Gasteiger partial charge in [0.1, 0.15) is 0 Å². The second-order valence-corrected chi connectivity index (χ2v) is 3.69. The minimum atomic E-state index is 0.723. The van der Waals surface area contributed by atoms with Crippen LogP contribution in [0.5, 0.6) is 0 Å². The van der Waals surface area contributed by atoms with Crippen LogP contribution in [-0.4, -0.2) is 14.8 Å². The van der Waals surface area contributed by atoms with Crippen LogP contribution in [0.3, 0.4) is 0 Å². The minimum Gasteiger partial charge on any atom is -0.343 e. The molecule has 0 aromatic carbocycles. The highest BCUT2D eigenvalue weighted by Crippen LogP contribution is 2.37. The molecule has 3 nitrogen and oxygen atoms in total. The van der Waals surface area contributed by atoms with E-state index in [0.717, 1.165) is 11.7 Å². The number of rotatable bonds is 1. The van der Waals surface area contributed by atoms with Crippen molar-refractivity contribution in [2.24, 2.45) is 0 Å². The average molecular weight is 173 g/mol. The van der Waals surface area contributed by atoms with Gasteiger partial charge in [-0.3, -0.25) is 0 Å². The first-order valence-corrected chi connectivity index (χ1v) is 4.65. The molecular formula is C10H11N3. The Morgan fingerprint density at radius 2 is 2.31 bits per heavy atom. The van der Waals surface area contributed by atoms with E-state index < -0.39 is 0 Å².